The minimum atomic E-state index is 0.0434. The summed E-state index contributed by atoms with van der Waals surface area (Å²) in [6, 6.07) is 1.95. The van der Waals surface area contributed by atoms with Crippen molar-refractivity contribution in [1.82, 2.24) is 4.98 Å². The van der Waals surface area contributed by atoms with Gasteiger partial charge in [0, 0.05) is 19.3 Å². The largest absolute Gasteiger partial charge is 0.367 e. The van der Waals surface area contributed by atoms with Crippen LogP contribution in [0.25, 0.3) is 0 Å². The van der Waals surface area contributed by atoms with Gasteiger partial charge in [-0.15, -0.1) is 0 Å². The fraction of sp³-hybridized carbons (Fsp3) is 0.500. The van der Waals surface area contributed by atoms with Crippen LogP contribution in [0.15, 0.2) is 17.1 Å². The molecular formula is C10H14N2O. The maximum Gasteiger partial charge on any atom is 0.271 e. The number of anilines is 1. The molecule has 1 aromatic rings. The molecule has 2 heterocycles. The Morgan fingerprint density at radius 1 is 1.38 bits per heavy atom. The van der Waals surface area contributed by atoms with Crippen LogP contribution in [0.3, 0.4) is 0 Å². The molecule has 0 spiro atoms. The fourth-order valence-electron chi connectivity index (χ4n) is 1.90. The van der Waals surface area contributed by atoms with Crippen LogP contribution in [0.1, 0.15) is 18.4 Å². The first kappa shape index (κ1) is 8.35. The van der Waals surface area contributed by atoms with Crippen molar-refractivity contribution in [3.05, 3.63) is 28.2 Å². The molecule has 0 saturated carbocycles. The minimum absolute atomic E-state index is 0.0434. The number of nitrogens with zero attached hydrogens (tertiary/aromatic N) is 1. The van der Waals surface area contributed by atoms with Gasteiger partial charge >= 0.3 is 0 Å². The minimum Gasteiger partial charge on any atom is -0.367 e. The van der Waals surface area contributed by atoms with E-state index in [4.69, 9.17) is 0 Å². The van der Waals surface area contributed by atoms with Crippen LogP contribution in [0.4, 0.5) is 5.69 Å². The van der Waals surface area contributed by atoms with Gasteiger partial charge in [0.25, 0.3) is 5.56 Å². The molecule has 1 aliphatic heterocycles. The van der Waals surface area contributed by atoms with Crippen molar-refractivity contribution in [3.8, 4) is 0 Å². The predicted octanol–water partition coefficient (Wildman–Crippen LogP) is 1.28. The lowest BCUT2D eigenvalue weighted by atomic mass is 10.2. The number of nitrogens with one attached hydrogen (secondary N) is 1. The Labute approximate surface area is 77.4 Å². The van der Waals surface area contributed by atoms with Crippen LogP contribution in [-0.4, -0.2) is 18.1 Å². The summed E-state index contributed by atoms with van der Waals surface area (Å²) in [4.78, 5) is 16.4. The number of hydrogen-bond donors (Lipinski definition) is 1. The number of rotatable bonds is 1. The van der Waals surface area contributed by atoms with Gasteiger partial charge < -0.3 is 9.88 Å². The average molecular weight is 178 g/mol. The molecule has 1 N–H and O–H groups in total. The van der Waals surface area contributed by atoms with Crippen LogP contribution < -0.4 is 10.5 Å². The van der Waals surface area contributed by atoms with Gasteiger partial charge in [0.2, 0.25) is 0 Å². The Kier molecular flexibility index (Phi) is 2.08. The Morgan fingerprint density at radius 3 is 2.69 bits per heavy atom. The first-order valence-corrected chi connectivity index (χ1v) is 4.72. The average Bonchev–Trinajstić information content (AvgIpc) is 2.57. The van der Waals surface area contributed by atoms with Crippen molar-refractivity contribution in [1.29, 1.82) is 0 Å². The summed E-state index contributed by atoms with van der Waals surface area (Å²) in [7, 11) is 0. The zero-order chi connectivity index (χ0) is 9.26. The van der Waals surface area contributed by atoms with E-state index in [0.717, 1.165) is 24.3 Å². The lowest BCUT2D eigenvalue weighted by Gasteiger charge is -2.18. The van der Waals surface area contributed by atoms with Crippen molar-refractivity contribution in [2.24, 2.45) is 0 Å². The van der Waals surface area contributed by atoms with Crippen molar-refractivity contribution in [3.63, 3.8) is 0 Å². The topological polar surface area (TPSA) is 36.1 Å². The van der Waals surface area contributed by atoms with E-state index < -0.39 is 0 Å². The molecule has 0 bridgehead atoms. The molecule has 0 aliphatic carbocycles. The molecule has 3 nitrogen and oxygen atoms in total. The molecule has 1 aliphatic rings. The molecule has 0 aromatic carbocycles. The summed E-state index contributed by atoms with van der Waals surface area (Å²) < 4.78 is 0. The van der Waals surface area contributed by atoms with Gasteiger partial charge in [-0.3, -0.25) is 4.79 Å². The molecule has 1 saturated heterocycles. The fourth-order valence-corrected chi connectivity index (χ4v) is 1.90. The van der Waals surface area contributed by atoms with Crippen molar-refractivity contribution in [2.45, 2.75) is 19.8 Å². The lowest BCUT2D eigenvalue weighted by molar-refractivity contribution is 0.941. The van der Waals surface area contributed by atoms with Crippen LogP contribution in [-0.2, 0) is 0 Å². The first-order valence-electron chi connectivity index (χ1n) is 4.72. The van der Waals surface area contributed by atoms with E-state index in [9.17, 15) is 4.79 Å². The third-order valence-electron chi connectivity index (χ3n) is 2.56. The SMILES string of the molecule is Cc1cc[nH]c(=O)c1N1CCCC1. The molecule has 13 heavy (non-hydrogen) atoms. The van der Waals surface area contributed by atoms with Gasteiger partial charge in [-0.1, -0.05) is 0 Å². The number of aryl methyl sites for hydroxylation is 1. The molecule has 70 valence electrons. The number of H-pyrrole nitrogens is 1. The summed E-state index contributed by atoms with van der Waals surface area (Å²) in [5.74, 6) is 0. The summed E-state index contributed by atoms with van der Waals surface area (Å²) in [6.45, 7) is 4.03. The summed E-state index contributed by atoms with van der Waals surface area (Å²) in [5.41, 5.74) is 1.98. The highest BCUT2D eigenvalue weighted by Gasteiger charge is 2.16. The molecule has 1 fully saturated rings. The second-order valence-corrected chi connectivity index (χ2v) is 3.53. The van der Waals surface area contributed by atoms with Gasteiger partial charge in [-0.05, 0) is 31.4 Å². The second kappa shape index (κ2) is 3.24. The van der Waals surface area contributed by atoms with Gasteiger partial charge in [-0.25, -0.2) is 0 Å². The summed E-state index contributed by atoms with van der Waals surface area (Å²) >= 11 is 0. The number of aromatic amines is 1. The molecule has 0 amide bonds. The maximum absolute atomic E-state index is 11.5. The third kappa shape index (κ3) is 1.46. The van der Waals surface area contributed by atoms with E-state index in [0.29, 0.717) is 0 Å². The van der Waals surface area contributed by atoms with Crippen molar-refractivity contribution in [2.75, 3.05) is 18.0 Å². The van der Waals surface area contributed by atoms with Gasteiger partial charge in [0.15, 0.2) is 0 Å². The van der Waals surface area contributed by atoms with Gasteiger partial charge in [-0.2, -0.15) is 0 Å². The Hall–Kier alpha value is -1.25. The molecule has 0 unspecified atom stereocenters. The zero-order valence-corrected chi connectivity index (χ0v) is 7.84. The molecule has 3 heteroatoms. The van der Waals surface area contributed by atoms with E-state index in [1.807, 2.05) is 13.0 Å². The van der Waals surface area contributed by atoms with E-state index in [2.05, 4.69) is 9.88 Å². The van der Waals surface area contributed by atoms with Gasteiger partial charge in [0.05, 0.1) is 0 Å². The Bertz CT molecular complexity index is 350. The third-order valence-corrected chi connectivity index (χ3v) is 2.56. The molecule has 1 aromatic heterocycles. The second-order valence-electron chi connectivity index (χ2n) is 3.53. The Balaban J connectivity index is 2.43. The monoisotopic (exact) mass is 178 g/mol. The van der Waals surface area contributed by atoms with Crippen molar-refractivity contribution < 1.29 is 0 Å². The van der Waals surface area contributed by atoms with Crippen LogP contribution in [0, 0.1) is 6.92 Å². The summed E-state index contributed by atoms with van der Waals surface area (Å²) in [5, 5.41) is 0. The summed E-state index contributed by atoms with van der Waals surface area (Å²) in [6.07, 6.45) is 4.11. The van der Waals surface area contributed by atoms with Crippen molar-refractivity contribution >= 4 is 5.69 Å². The highest BCUT2D eigenvalue weighted by atomic mass is 16.1. The number of aromatic nitrogens is 1. The number of hydrogen-bond acceptors (Lipinski definition) is 2. The van der Waals surface area contributed by atoms with Gasteiger partial charge in [0.1, 0.15) is 5.69 Å². The normalized spacial score (nSPS) is 16.5. The quantitative estimate of drug-likeness (QED) is 0.703. The molecule has 2 rings (SSSR count). The molecule has 0 atom stereocenters. The molecular weight excluding hydrogens is 164 g/mol. The standard InChI is InChI=1S/C10H14N2O/c1-8-4-5-11-10(13)9(8)12-6-2-3-7-12/h4-5H,2-3,6-7H2,1H3,(H,11,13). The smallest absolute Gasteiger partial charge is 0.271 e. The van der Waals surface area contributed by atoms with E-state index in [-0.39, 0.29) is 5.56 Å². The maximum atomic E-state index is 11.5. The van der Waals surface area contributed by atoms with E-state index in [1.54, 1.807) is 6.20 Å². The first-order chi connectivity index (χ1) is 6.29. The predicted molar refractivity (Wildman–Crippen MR) is 53.2 cm³/mol. The zero-order valence-electron chi connectivity index (χ0n) is 7.84. The van der Waals surface area contributed by atoms with Crippen LogP contribution in [0.5, 0.6) is 0 Å². The Morgan fingerprint density at radius 2 is 2.08 bits per heavy atom. The highest BCUT2D eigenvalue weighted by Crippen LogP contribution is 2.18. The number of pyridine rings is 1. The molecule has 0 radical (unpaired) electrons. The lowest BCUT2D eigenvalue weighted by Crippen LogP contribution is -2.26. The van der Waals surface area contributed by atoms with Crippen LogP contribution in [0.2, 0.25) is 0 Å². The van der Waals surface area contributed by atoms with E-state index >= 15 is 0 Å². The van der Waals surface area contributed by atoms with Crippen LogP contribution >= 0.6 is 0 Å². The van der Waals surface area contributed by atoms with E-state index in [1.165, 1.54) is 12.8 Å². The highest BCUT2D eigenvalue weighted by molar-refractivity contribution is 5.51.